The van der Waals surface area contributed by atoms with Crippen molar-refractivity contribution in [2.75, 3.05) is 30.9 Å². The lowest BCUT2D eigenvalue weighted by Gasteiger charge is -2.14. The van der Waals surface area contributed by atoms with E-state index in [-0.39, 0.29) is 40.7 Å². The van der Waals surface area contributed by atoms with E-state index in [9.17, 15) is 34.8 Å². The van der Waals surface area contributed by atoms with E-state index in [4.69, 9.17) is 9.88 Å². The zero-order valence-corrected chi connectivity index (χ0v) is 19.6. The first-order chi connectivity index (χ1) is 17.2. The van der Waals surface area contributed by atoms with Gasteiger partial charge in [-0.15, -0.1) is 0 Å². The van der Waals surface area contributed by atoms with Crippen molar-refractivity contribution in [2.45, 2.75) is 23.8 Å². The Bertz CT molecular complexity index is 1470. The molecule has 0 atom stereocenters. The van der Waals surface area contributed by atoms with Crippen molar-refractivity contribution in [1.29, 1.82) is 0 Å². The van der Waals surface area contributed by atoms with E-state index < -0.39 is 45.9 Å². The fourth-order valence-corrected chi connectivity index (χ4v) is 3.55. The Morgan fingerprint density at radius 2 is 1.76 bits per heavy atom. The smallest absolute Gasteiger partial charge is 0.372 e. The molecule has 3 rings (SSSR count). The van der Waals surface area contributed by atoms with Gasteiger partial charge < -0.3 is 15.4 Å². The maximum Gasteiger partial charge on any atom is 0.416 e. The average Bonchev–Trinajstić information content (AvgIpc) is 2.79. The molecule has 0 saturated heterocycles. The summed E-state index contributed by atoms with van der Waals surface area (Å²) in [5, 5.41) is 9.69. The van der Waals surface area contributed by atoms with Crippen LogP contribution in [0, 0.1) is 11.8 Å². The van der Waals surface area contributed by atoms with E-state index >= 15 is 0 Å². The van der Waals surface area contributed by atoms with Crippen LogP contribution >= 0.6 is 0 Å². The largest absolute Gasteiger partial charge is 0.416 e. The van der Waals surface area contributed by atoms with E-state index in [1.165, 1.54) is 19.2 Å². The van der Waals surface area contributed by atoms with Gasteiger partial charge in [-0.2, -0.15) is 31.3 Å². The number of hydrogen-bond donors (Lipinski definition) is 3. The Labute approximate surface area is 206 Å². The average molecular weight is 548 g/mol. The molecule has 0 spiro atoms. The molecular weight excluding hydrogens is 530 g/mol. The van der Waals surface area contributed by atoms with Gasteiger partial charge in [0.05, 0.1) is 16.0 Å². The highest BCUT2D eigenvalue weighted by molar-refractivity contribution is 7.89. The number of nitrogens with one attached hydrogen (secondary N) is 2. The number of anilines is 2. The second-order valence-electron chi connectivity index (χ2n) is 7.43. The van der Waals surface area contributed by atoms with Crippen molar-refractivity contribution < 1.29 is 39.5 Å². The first kappa shape index (κ1) is 27.9. The minimum atomic E-state index is -4.86. The number of halogens is 6. The standard InChI is InChI=1S/C21H18F6N6O3S/c1-36-6-2-3-14-4-5-16-17(31-14)18(30-11-20(22,23)24)33-19(32-16)29-10-12-7-13(21(25,26)27)9-15(8-12)37(28,34)35/h4-5,7-9H,6,10-11H2,1H3,(H2,28,34,35)(H2,29,30,32,33). The lowest BCUT2D eigenvalue weighted by Crippen LogP contribution is -2.22. The highest BCUT2D eigenvalue weighted by atomic mass is 32.2. The molecule has 37 heavy (non-hydrogen) atoms. The molecule has 0 aliphatic carbocycles. The Morgan fingerprint density at radius 3 is 2.38 bits per heavy atom. The van der Waals surface area contributed by atoms with Crippen molar-refractivity contribution in [3.8, 4) is 11.8 Å². The van der Waals surface area contributed by atoms with Gasteiger partial charge in [-0.05, 0) is 41.8 Å². The van der Waals surface area contributed by atoms with Crippen LogP contribution in [0.15, 0.2) is 35.2 Å². The molecule has 16 heteroatoms. The molecule has 3 aromatic rings. The summed E-state index contributed by atoms with van der Waals surface area (Å²) in [6.07, 6.45) is -9.46. The van der Waals surface area contributed by atoms with Crippen molar-refractivity contribution >= 4 is 32.8 Å². The Kier molecular flexibility index (Phi) is 8.10. The maximum atomic E-state index is 13.2. The van der Waals surface area contributed by atoms with Gasteiger partial charge in [0.2, 0.25) is 16.0 Å². The summed E-state index contributed by atoms with van der Waals surface area (Å²) >= 11 is 0. The van der Waals surface area contributed by atoms with Crippen LogP contribution in [0.4, 0.5) is 38.1 Å². The monoisotopic (exact) mass is 548 g/mol. The normalized spacial score (nSPS) is 12.2. The van der Waals surface area contributed by atoms with Crippen molar-refractivity contribution in [1.82, 2.24) is 15.0 Å². The first-order valence-electron chi connectivity index (χ1n) is 10.1. The van der Waals surface area contributed by atoms with Crippen LogP contribution in [0.1, 0.15) is 16.8 Å². The van der Waals surface area contributed by atoms with Gasteiger partial charge in [-0.3, -0.25) is 0 Å². The predicted octanol–water partition coefficient (Wildman–Crippen LogP) is 3.28. The van der Waals surface area contributed by atoms with Gasteiger partial charge in [-0.25, -0.2) is 23.5 Å². The summed E-state index contributed by atoms with van der Waals surface area (Å²) < 4.78 is 106. The number of aromatic nitrogens is 3. The number of fused-ring (bicyclic) bond motifs is 1. The molecular formula is C21H18F6N6O3S. The Morgan fingerprint density at radius 1 is 1.03 bits per heavy atom. The first-order valence-corrected chi connectivity index (χ1v) is 11.7. The van der Waals surface area contributed by atoms with Gasteiger partial charge in [0.25, 0.3) is 0 Å². The second kappa shape index (κ2) is 10.7. The van der Waals surface area contributed by atoms with Crippen LogP contribution < -0.4 is 15.8 Å². The fraction of sp³-hybridized carbons (Fsp3) is 0.286. The third kappa shape index (κ3) is 7.90. The molecule has 0 saturated carbocycles. The number of nitrogens with two attached hydrogens (primary N) is 1. The van der Waals surface area contributed by atoms with Crippen LogP contribution in [0.2, 0.25) is 0 Å². The van der Waals surface area contributed by atoms with Crippen LogP contribution in [0.25, 0.3) is 11.0 Å². The van der Waals surface area contributed by atoms with Crippen LogP contribution in [0.3, 0.4) is 0 Å². The third-order valence-electron chi connectivity index (χ3n) is 4.50. The lowest BCUT2D eigenvalue weighted by atomic mass is 10.1. The number of methoxy groups -OCH3 is 1. The predicted molar refractivity (Wildman–Crippen MR) is 121 cm³/mol. The lowest BCUT2D eigenvalue weighted by molar-refractivity contribution is -0.137. The SMILES string of the molecule is COCC#Cc1ccc2nc(NCc3cc(C(F)(F)F)cc(S(N)(=O)=O)c3)nc(NCC(F)(F)F)c2n1. The summed E-state index contributed by atoms with van der Waals surface area (Å²) in [6.45, 7) is -1.77. The summed E-state index contributed by atoms with van der Waals surface area (Å²) in [5.74, 6) is 4.76. The minimum absolute atomic E-state index is 0.0328. The molecule has 0 bridgehead atoms. The van der Waals surface area contributed by atoms with E-state index in [0.717, 1.165) is 6.07 Å². The Balaban J connectivity index is 1.99. The maximum absolute atomic E-state index is 13.2. The minimum Gasteiger partial charge on any atom is -0.372 e. The number of sulfonamides is 1. The summed E-state index contributed by atoms with van der Waals surface area (Å²) in [6, 6.07) is 4.89. The van der Waals surface area contributed by atoms with Crippen molar-refractivity contribution in [2.24, 2.45) is 5.14 Å². The highest BCUT2D eigenvalue weighted by Crippen LogP contribution is 2.32. The topological polar surface area (TPSA) is 132 Å². The van der Waals surface area contributed by atoms with Gasteiger partial charge in [0, 0.05) is 13.7 Å². The summed E-state index contributed by atoms with van der Waals surface area (Å²) in [7, 11) is -3.03. The number of hydrogen-bond acceptors (Lipinski definition) is 8. The molecule has 0 amide bonds. The van der Waals surface area contributed by atoms with Crippen LogP contribution in [-0.4, -0.2) is 49.8 Å². The zero-order chi connectivity index (χ0) is 27.4. The van der Waals surface area contributed by atoms with E-state index in [0.29, 0.717) is 12.1 Å². The zero-order valence-electron chi connectivity index (χ0n) is 18.8. The number of alkyl halides is 6. The highest BCUT2D eigenvalue weighted by Gasteiger charge is 2.32. The number of pyridine rings is 1. The second-order valence-corrected chi connectivity index (χ2v) is 8.99. The molecule has 0 aliphatic heterocycles. The molecule has 4 N–H and O–H groups in total. The molecule has 1 aromatic carbocycles. The number of primary sulfonamides is 1. The van der Waals surface area contributed by atoms with Gasteiger partial charge in [0.1, 0.15) is 24.4 Å². The summed E-state index contributed by atoms with van der Waals surface area (Å²) in [5.41, 5.74) is -1.12. The number of ether oxygens (including phenoxy) is 1. The van der Waals surface area contributed by atoms with Crippen LogP contribution in [0.5, 0.6) is 0 Å². The fourth-order valence-electron chi connectivity index (χ4n) is 2.94. The Hall–Kier alpha value is -3.68. The molecule has 2 aromatic heterocycles. The molecule has 9 nitrogen and oxygen atoms in total. The third-order valence-corrected chi connectivity index (χ3v) is 5.40. The molecule has 0 unspecified atom stereocenters. The van der Waals surface area contributed by atoms with E-state index in [1.807, 2.05) is 0 Å². The molecule has 0 radical (unpaired) electrons. The molecule has 0 aliphatic rings. The van der Waals surface area contributed by atoms with Crippen molar-refractivity contribution in [3.05, 3.63) is 47.2 Å². The number of rotatable bonds is 7. The van der Waals surface area contributed by atoms with E-state index in [2.05, 4.69) is 37.4 Å². The molecule has 198 valence electrons. The van der Waals surface area contributed by atoms with Gasteiger partial charge in [-0.1, -0.05) is 5.92 Å². The van der Waals surface area contributed by atoms with Crippen molar-refractivity contribution in [3.63, 3.8) is 0 Å². The van der Waals surface area contributed by atoms with Crippen LogP contribution in [-0.2, 0) is 27.5 Å². The van der Waals surface area contributed by atoms with Gasteiger partial charge >= 0.3 is 12.4 Å². The van der Waals surface area contributed by atoms with E-state index in [1.54, 1.807) is 0 Å². The summed E-state index contributed by atoms with van der Waals surface area (Å²) in [4.78, 5) is 11.5. The number of nitrogens with zero attached hydrogens (tertiary/aromatic N) is 3. The number of benzene rings is 1. The molecule has 0 fully saturated rings. The quantitative estimate of drug-likeness (QED) is 0.303. The van der Waals surface area contributed by atoms with Gasteiger partial charge in [0.15, 0.2) is 5.82 Å². The molecule has 2 heterocycles.